The van der Waals surface area contributed by atoms with Crippen LogP contribution < -0.4 is 10.6 Å². The zero-order chi connectivity index (χ0) is 18.6. The molecule has 1 aliphatic rings. The van der Waals surface area contributed by atoms with Crippen LogP contribution in [0, 0.1) is 6.92 Å². The minimum Gasteiger partial charge on any atom is -0.336 e. The van der Waals surface area contributed by atoms with Crippen LogP contribution in [-0.4, -0.2) is 37.9 Å². The standard InChI is InChI=1S/C19H23N3O3S/c1-15-9-11-18(12-10-15)26(24,25)22-13-5-8-17(22)14-20-19(23)21-16-6-3-2-4-7-16/h2-4,6-7,9-12,17H,5,8,13-14H2,1H3,(H2,20,21,23)/t17-/m1/s1. The molecule has 26 heavy (non-hydrogen) atoms. The van der Waals surface area contributed by atoms with Gasteiger partial charge in [0.2, 0.25) is 10.0 Å². The molecule has 0 aromatic heterocycles. The first kappa shape index (κ1) is 18.4. The van der Waals surface area contributed by atoms with Crippen molar-refractivity contribution >= 4 is 21.7 Å². The highest BCUT2D eigenvalue weighted by Crippen LogP contribution is 2.26. The van der Waals surface area contributed by atoms with E-state index in [9.17, 15) is 13.2 Å². The lowest BCUT2D eigenvalue weighted by molar-refractivity contribution is 0.249. The Bertz CT molecular complexity index is 851. The number of amides is 2. The van der Waals surface area contributed by atoms with Crippen molar-refractivity contribution in [1.29, 1.82) is 0 Å². The Morgan fingerprint density at radius 3 is 2.50 bits per heavy atom. The molecule has 1 aliphatic heterocycles. The summed E-state index contributed by atoms with van der Waals surface area (Å²) < 4.78 is 27.3. The van der Waals surface area contributed by atoms with Gasteiger partial charge in [0.15, 0.2) is 0 Å². The van der Waals surface area contributed by atoms with Gasteiger partial charge in [0.05, 0.1) is 4.90 Å². The molecule has 1 atom stereocenters. The van der Waals surface area contributed by atoms with Crippen LogP contribution >= 0.6 is 0 Å². The minimum atomic E-state index is -3.55. The second-order valence-electron chi connectivity index (χ2n) is 6.43. The fourth-order valence-electron chi connectivity index (χ4n) is 3.08. The van der Waals surface area contributed by atoms with E-state index in [1.807, 2.05) is 25.1 Å². The normalized spacial score (nSPS) is 17.8. The number of urea groups is 1. The number of rotatable bonds is 5. The maximum atomic E-state index is 12.9. The third kappa shape index (κ3) is 4.23. The largest absolute Gasteiger partial charge is 0.336 e. The summed E-state index contributed by atoms with van der Waals surface area (Å²) in [5.74, 6) is 0. The van der Waals surface area contributed by atoms with Gasteiger partial charge in [0, 0.05) is 24.8 Å². The Morgan fingerprint density at radius 1 is 1.12 bits per heavy atom. The van der Waals surface area contributed by atoms with E-state index in [1.54, 1.807) is 36.4 Å². The van der Waals surface area contributed by atoms with Gasteiger partial charge in [-0.25, -0.2) is 13.2 Å². The highest BCUT2D eigenvalue weighted by atomic mass is 32.2. The van der Waals surface area contributed by atoms with Gasteiger partial charge in [0.1, 0.15) is 0 Å². The Balaban J connectivity index is 1.63. The molecule has 0 radical (unpaired) electrons. The summed E-state index contributed by atoms with van der Waals surface area (Å²) in [6.45, 7) is 2.68. The zero-order valence-corrected chi connectivity index (χ0v) is 15.5. The Labute approximate surface area is 154 Å². The number of carbonyl (C=O) groups is 1. The monoisotopic (exact) mass is 373 g/mol. The minimum absolute atomic E-state index is 0.233. The van der Waals surface area contributed by atoms with Gasteiger partial charge in [-0.05, 0) is 44.0 Å². The van der Waals surface area contributed by atoms with Crippen molar-refractivity contribution in [1.82, 2.24) is 9.62 Å². The molecule has 138 valence electrons. The molecule has 1 fully saturated rings. The van der Waals surface area contributed by atoms with E-state index in [-0.39, 0.29) is 18.6 Å². The first-order valence-electron chi connectivity index (χ1n) is 8.65. The number of benzene rings is 2. The Kier molecular flexibility index (Phi) is 5.58. The predicted molar refractivity (Wildman–Crippen MR) is 102 cm³/mol. The maximum Gasteiger partial charge on any atom is 0.319 e. The summed E-state index contributed by atoms with van der Waals surface area (Å²) in [5, 5.41) is 5.52. The highest BCUT2D eigenvalue weighted by molar-refractivity contribution is 7.89. The Morgan fingerprint density at radius 2 is 1.81 bits per heavy atom. The van der Waals surface area contributed by atoms with Crippen molar-refractivity contribution in [3.8, 4) is 0 Å². The van der Waals surface area contributed by atoms with E-state index in [1.165, 1.54) is 4.31 Å². The number of nitrogens with zero attached hydrogens (tertiary/aromatic N) is 1. The maximum absolute atomic E-state index is 12.9. The van der Waals surface area contributed by atoms with Gasteiger partial charge in [-0.15, -0.1) is 0 Å². The van der Waals surface area contributed by atoms with Crippen LogP contribution in [0.3, 0.4) is 0 Å². The topological polar surface area (TPSA) is 78.5 Å². The van der Waals surface area contributed by atoms with E-state index in [2.05, 4.69) is 10.6 Å². The molecule has 0 bridgehead atoms. The van der Waals surface area contributed by atoms with Crippen molar-refractivity contribution in [2.45, 2.75) is 30.7 Å². The van der Waals surface area contributed by atoms with Crippen LogP contribution in [0.1, 0.15) is 18.4 Å². The van der Waals surface area contributed by atoms with E-state index >= 15 is 0 Å². The third-order valence-corrected chi connectivity index (χ3v) is 6.45. The number of hydrogen-bond acceptors (Lipinski definition) is 3. The quantitative estimate of drug-likeness (QED) is 0.846. The first-order valence-corrected chi connectivity index (χ1v) is 10.1. The molecule has 3 rings (SSSR count). The number of carbonyl (C=O) groups excluding carboxylic acids is 1. The van der Waals surface area contributed by atoms with Gasteiger partial charge < -0.3 is 10.6 Å². The summed E-state index contributed by atoms with van der Waals surface area (Å²) in [4.78, 5) is 12.3. The number of para-hydroxylation sites is 1. The molecule has 2 N–H and O–H groups in total. The fourth-order valence-corrected chi connectivity index (χ4v) is 4.78. The van der Waals surface area contributed by atoms with Gasteiger partial charge >= 0.3 is 6.03 Å². The average Bonchev–Trinajstić information content (AvgIpc) is 3.11. The van der Waals surface area contributed by atoms with Crippen molar-refractivity contribution in [2.75, 3.05) is 18.4 Å². The van der Waals surface area contributed by atoms with E-state index < -0.39 is 10.0 Å². The number of anilines is 1. The lowest BCUT2D eigenvalue weighted by Gasteiger charge is -2.24. The summed E-state index contributed by atoms with van der Waals surface area (Å²) in [5.41, 5.74) is 1.71. The molecule has 6 nitrogen and oxygen atoms in total. The lowest BCUT2D eigenvalue weighted by Crippen LogP contribution is -2.44. The van der Waals surface area contributed by atoms with Crippen molar-refractivity contribution < 1.29 is 13.2 Å². The lowest BCUT2D eigenvalue weighted by atomic mass is 10.2. The van der Waals surface area contributed by atoms with Crippen molar-refractivity contribution in [3.05, 3.63) is 60.2 Å². The molecule has 0 aliphatic carbocycles. The molecule has 2 amide bonds. The van der Waals surface area contributed by atoms with Gasteiger partial charge in [0.25, 0.3) is 0 Å². The summed E-state index contributed by atoms with van der Waals surface area (Å²) >= 11 is 0. The molecule has 2 aromatic carbocycles. The third-order valence-electron chi connectivity index (χ3n) is 4.48. The van der Waals surface area contributed by atoms with Crippen molar-refractivity contribution in [3.63, 3.8) is 0 Å². The van der Waals surface area contributed by atoms with Crippen LogP contribution in [-0.2, 0) is 10.0 Å². The van der Waals surface area contributed by atoms with E-state index in [0.29, 0.717) is 17.1 Å². The molecule has 0 unspecified atom stereocenters. The van der Waals surface area contributed by atoms with Gasteiger partial charge in [-0.1, -0.05) is 35.9 Å². The molecule has 1 heterocycles. The smallest absolute Gasteiger partial charge is 0.319 e. The summed E-state index contributed by atoms with van der Waals surface area (Å²) in [6, 6.07) is 15.4. The number of nitrogens with one attached hydrogen (secondary N) is 2. The molecular formula is C19H23N3O3S. The highest BCUT2D eigenvalue weighted by Gasteiger charge is 2.35. The predicted octanol–water partition coefficient (Wildman–Crippen LogP) is 2.97. The number of hydrogen-bond donors (Lipinski definition) is 2. The number of sulfonamides is 1. The molecule has 2 aromatic rings. The second-order valence-corrected chi connectivity index (χ2v) is 8.32. The summed E-state index contributed by atoms with van der Waals surface area (Å²) in [7, 11) is -3.55. The Hall–Kier alpha value is -2.38. The second kappa shape index (κ2) is 7.88. The summed E-state index contributed by atoms with van der Waals surface area (Å²) in [6.07, 6.45) is 1.52. The van der Waals surface area contributed by atoms with Crippen LogP contribution in [0.15, 0.2) is 59.5 Å². The van der Waals surface area contributed by atoms with Crippen molar-refractivity contribution in [2.24, 2.45) is 0 Å². The van der Waals surface area contributed by atoms with Crippen LogP contribution in [0.4, 0.5) is 10.5 Å². The van der Waals surface area contributed by atoms with Gasteiger partial charge in [-0.3, -0.25) is 0 Å². The molecule has 7 heteroatoms. The van der Waals surface area contributed by atoms with E-state index in [4.69, 9.17) is 0 Å². The molecule has 1 saturated heterocycles. The van der Waals surface area contributed by atoms with E-state index in [0.717, 1.165) is 18.4 Å². The van der Waals surface area contributed by atoms with Gasteiger partial charge in [-0.2, -0.15) is 4.31 Å². The zero-order valence-electron chi connectivity index (χ0n) is 14.7. The molecule has 0 saturated carbocycles. The SMILES string of the molecule is Cc1ccc(S(=O)(=O)N2CCC[C@@H]2CNC(=O)Nc2ccccc2)cc1. The fraction of sp³-hybridized carbons (Fsp3) is 0.316. The van der Waals surface area contributed by atoms with Crippen LogP contribution in [0.2, 0.25) is 0 Å². The first-order chi connectivity index (χ1) is 12.5. The number of aryl methyl sites for hydroxylation is 1. The molecular weight excluding hydrogens is 350 g/mol. The van der Waals surface area contributed by atoms with Crippen LogP contribution in [0.5, 0.6) is 0 Å². The molecule has 0 spiro atoms. The average molecular weight is 373 g/mol. The van der Waals surface area contributed by atoms with Crippen LogP contribution in [0.25, 0.3) is 0 Å².